The number of nitrogens with zero attached hydrogens (tertiary/aromatic N) is 2. The van der Waals surface area contributed by atoms with Gasteiger partial charge in [0, 0.05) is 48.0 Å². The largest absolute Gasteiger partial charge is 0.497 e. The number of Topliss-reactive ketones (excluding diaryl/α,β-unsaturated/α-hetero) is 1. The molecule has 3 heterocycles. The molecule has 0 saturated carbocycles. The minimum absolute atomic E-state index is 0.0368. The van der Waals surface area contributed by atoms with E-state index in [1.807, 2.05) is 0 Å². The number of hydrogen-bond acceptors (Lipinski definition) is 6. The second kappa shape index (κ2) is 11.8. The first-order chi connectivity index (χ1) is 17.3. The van der Waals surface area contributed by atoms with Crippen LogP contribution in [0.4, 0.5) is 4.39 Å². The van der Waals surface area contributed by atoms with Crippen LogP contribution in [0, 0.1) is 29.5 Å². The Bertz CT molecular complexity index is 1330. The van der Waals surface area contributed by atoms with Gasteiger partial charge in [0.25, 0.3) is 0 Å². The number of halogens is 2. The number of carboxylic acid groups (broad SMARTS) is 1. The summed E-state index contributed by atoms with van der Waals surface area (Å²) in [7, 11) is 1.56. The van der Waals surface area contributed by atoms with Crippen LogP contribution in [-0.4, -0.2) is 53.5 Å². The molecule has 2 atom stereocenters. The maximum atomic E-state index is 13.3. The van der Waals surface area contributed by atoms with Crippen LogP contribution < -0.4 is 4.74 Å². The highest BCUT2D eigenvalue weighted by Crippen LogP contribution is 2.33. The molecule has 36 heavy (non-hydrogen) atoms. The number of pyridine rings is 1. The lowest BCUT2D eigenvalue weighted by Crippen LogP contribution is -2.41. The molecule has 1 aliphatic rings. The Balaban J connectivity index is 1.42. The summed E-state index contributed by atoms with van der Waals surface area (Å²) in [5.41, 5.74) is 1.08. The third-order valence-electron chi connectivity index (χ3n) is 6.54. The molecule has 1 aliphatic heterocycles. The van der Waals surface area contributed by atoms with E-state index in [-0.39, 0.29) is 36.3 Å². The van der Waals surface area contributed by atoms with E-state index in [2.05, 4.69) is 21.7 Å². The van der Waals surface area contributed by atoms with Gasteiger partial charge in [-0.15, -0.1) is 11.3 Å². The number of aromatic nitrogens is 1. The average Bonchev–Trinajstić information content (AvgIpc) is 3.27. The number of piperidine rings is 1. The number of carboxylic acids is 1. The van der Waals surface area contributed by atoms with Crippen molar-refractivity contribution in [2.24, 2.45) is 11.8 Å². The minimum Gasteiger partial charge on any atom is -0.497 e. The second-order valence-corrected chi connectivity index (χ2v) is 10.2. The number of rotatable bonds is 8. The molecular formula is C27H26ClFN2O4S. The summed E-state index contributed by atoms with van der Waals surface area (Å²) < 4.78 is 18.4. The molecule has 2 unspecified atom stereocenters. The zero-order chi connectivity index (χ0) is 25.7. The van der Waals surface area contributed by atoms with Gasteiger partial charge in [-0.25, -0.2) is 4.39 Å². The highest BCUT2D eigenvalue weighted by atomic mass is 35.5. The molecule has 1 fully saturated rings. The first-order valence-corrected chi connectivity index (χ1v) is 12.9. The molecule has 188 valence electrons. The van der Waals surface area contributed by atoms with Crippen molar-refractivity contribution in [3.05, 3.63) is 57.1 Å². The first kappa shape index (κ1) is 26.1. The number of ether oxygens (including phenoxy) is 1. The fraction of sp³-hybridized carbons (Fsp3) is 0.370. The first-order valence-electron chi connectivity index (χ1n) is 11.7. The van der Waals surface area contributed by atoms with Crippen LogP contribution in [0.2, 0.25) is 5.02 Å². The van der Waals surface area contributed by atoms with Crippen molar-refractivity contribution >= 4 is 45.6 Å². The van der Waals surface area contributed by atoms with Gasteiger partial charge < -0.3 is 9.84 Å². The Kier molecular flexibility index (Phi) is 8.57. The van der Waals surface area contributed by atoms with Crippen molar-refractivity contribution < 1.29 is 23.8 Å². The van der Waals surface area contributed by atoms with Crippen LogP contribution in [0.1, 0.15) is 40.9 Å². The fourth-order valence-electron chi connectivity index (χ4n) is 4.75. The van der Waals surface area contributed by atoms with Gasteiger partial charge in [-0.2, -0.15) is 0 Å². The van der Waals surface area contributed by atoms with Crippen LogP contribution in [0.25, 0.3) is 10.9 Å². The van der Waals surface area contributed by atoms with Crippen molar-refractivity contribution in [3.8, 4) is 17.6 Å². The Hall–Kier alpha value is -2.99. The molecule has 0 spiro atoms. The normalized spacial score (nSPS) is 18.0. The molecule has 6 nitrogen and oxygen atoms in total. The van der Waals surface area contributed by atoms with Gasteiger partial charge in [0.2, 0.25) is 0 Å². The molecule has 1 aromatic carbocycles. The van der Waals surface area contributed by atoms with Crippen LogP contribution in [0.3, 0.4) is 0 Å². The van der Waals surface area contributed by atoms with Gasteiger partial charge in [-0.1, -0.05) is 23.4 Å². The maximum Gasteiger partial charge on any atom is 0.303 e. The molecule has 0 aliphatic carbocycles. The number of methoxy groups -OCH3 is 1. The number of likely N-dealkylation sites (tertiary alicyclic amines) is 1. The quantitative estimate of drug-likeness (QED) is 0.306. The third-order valence-corrected chi connectivity index (χ3v) is 7.65. The summed E-state index contributed by atoms with van der Waals surface area (Å²) >= 11 is 7.64. The zero-order valence-electron chi connectivity index (χ0n) is 19.8. The summed E-state index contributed by atoms with van der Waals surface area (Å²) in [6, 6.07) is 6.74. The number of benzene rings is 1. The zero-order valence-corrected chi connectivity index (χ0v) is 21.4. The molecule has 0 amide bonds. The van der Waals surface area contributed by atoms with E-state index in [0.717, 1.165) is 13.0 Å². The number of carbonyl (C=O) groups is 2. The van der Waals surface area contributed by atoms with E-state index < -0.39 is 5.97 Å². The fourth-order valence-corrected chi connectivity index (χ4v) is 5.63. The van der Waals surface area contributed by atoms with Gasteiger partial charge in [0.1, 0.15) is 11.6 Å². The van der Waals surface area contributed by atoms with E-state index in [1.165, 1.54) is 29.0 Å². The molecular weight excluding hydrogens is 503 g/mol. The van der Waals surface area contributed by atoms with Crippen molar-refractivity contribution in [2.45, 2.75) is 25.7 Å². The number of fused-ring (bicyclic) bond motifs is 1. The summed E-state index contributed by atoms with van der Waals surface area (Å²) in [5, 5.41) is 11.8. The Morgan fingerprint density at radius 1 is 1.33 bits per heavy atom. The number of ketones is 1. The lowest BCUT2D eigenvalue weighted by Gasteiger charge is -2.37. The lowest BCUT2D eigenvalue weighted by molar-refractivity contribution is -0.139. The topological polar surface area (TPSA) is 79.7 Å². The monoisotopic (exact) mass is 528 g/mol. The van der Waals surface area contributed by atoms with Crippen molar-refractivity contribution in [1.82, 2.24) is 9.88 Å². The predicted molar refractivity (Wildman–Crippen MR) is 138 cm³/mol. The van der Waals surface area contributed by atoms with Crippen LogP contribution in [0.5, 0.6) is 5.75 Å². The second-order valence-electron chi connectivity index (χ2n) is 8.90. The summed E-state index contributed by atoms with van der Waals surface area (Å²) in [4.78, 5) is 31.9. The van der Waals surface area contributed by atoms with E-state index >= 15 is 0 Å². The van der Waals surface area contributed by atoms with Gasteiger partial charge in [-0.3, -0.25) is 19.5 Å². The third kappa shape index (κ3) is 6.41. The summed E-state index contributed by atoms with van der Waals surface area (Å²) in [6.45, 7) is 1.84. The summed E-state index contributed by atoms with van der Waals surface area (Å²) in [5.74, 6) is 5.42. The Morgan fingerprint density at radius 2 is 2.17 bits per heavy atom. The molecule has 9 heteroatoms. The van der Waals surface area contributed by atoms with Crippen molar-refractivity contribution in [2.75, 3.05) is 26.7 Å². The van der Waals surface area contributed by atoms with Crippen LogP contribution >= 0.6 is 22.9 Å². The van der Waals surface area contributed by atoms with Gasteiger partial charge in [0.15, 0.2) is 5.78 Å². The van der Waals surface area contributed by atoms with E-state index in [0.29, 0.717) is 51.6 Å². The highest BCUT2D eigenvalue weighted by Gasteiger charge is 2.31. The minimum atomic E-state index is -0.853. The van der Waals surface area contributed by atoms with E-state index in [9.17, 15) is 19.1 Å². The molecule has 0 radical (unpaired) electrons. The number of thiophene rings is 1. The number of carbonyl (C=O) groups excluding carboxylic acids is 1. The molecule has 1 saturated heterocycles. The summed E-state index contributed by atoms with van der Waals surface area (Å²) in [6.07, 6.45) is 3.14. The Morgan fingerprint density at radius 3 is 2.89 bits per heavy atom. The molecule has 0 bridgehead atoms. The standard InChI is InChI=1S/C27H26ClFN2O4S/c1-35-20-5-6-24-22(13-20)27(23(28)14-30-24)25(32)7-4-17-8-10-31(15-18(17)11-26(33)34)9-2-3-21-12-19(29)16-36-21/h5-6,12-14,16-18H,4,7-11,15H2,1H3,(H,33,34). The van der Waals surface area contributed by atoms with Crippen molar-refractivity contribution in [3.63, 3.8) is 0 Å². The Labute approximate surface area is 218 Å². The molecule has 2 aromatic heterocycles. The average molecular weight is 529 g/mol. The van der Waals surface area contributed by atoms with Gasteiger partial charge >= 0.3 is 5.97 Å². The van der Waals surface area contributed by atoms with E-state index in [4.69, 9.17) is 16.3 Å². The highest BCUT2D eigenvalue weighted by molar-refractivity contribution is 7.10. The van der Waals surface area contributed by atoms with Crippen LogP contribution in [-0.2, 0) is 4.79 Å². The molecule has 1 N–H and O–H groups in total. The number of hydrogen-bond donors (Lipinski definition) is 1. The predicted octanol–water partition coefficient (Wildman–Crippen LogP) is 5.52. The van der Waals surface area contributed by atoms with E-state index in [1.54, 1.807) is 25.3 Å². The van der Waals surface area contributed by atoms with Crippen molar-refractivity contribution in [1.29, 1.82) is 0 Å². The SMILES string of the molecule is COc1ccc2ncc(Cl)c(C(=O)CCC3CCN(CC#Cc4cc(F)cs4)CC3CC(=O)O)c2c1. The maximum absolute atomic E-state index is 13.3. The molecule has 3 aromatic rings. The van der Waals surface area contributed by atoms with Crippen LogP contribution in [0.15, 0.2) is 35.8 Å². The smallest absolute Gasteiger partial charge is 0.303 e. The van der Waals surface area contributed by atoms with Gasteiger partial charge in [0.05, 0.1) is 29.1 Å². The molecule has 4 rings (SSSR count). The lowest BCUT2D eigenvalue weighted by atomic mass is 9.79. The number of aliphatic carboxylic acids is 1. The van der Waals surface area contributed by atoms with Gasteiger partial charge in [-0.05, 0) is 49.4 Å².